The lowest BCUT2D eigenvalue weighted by atomic mass is 9.92. The number of nitrogens with zero attached hydrogens (tertiary/aromatic N) is 1. The highest BCUT2D eigenvalue weighted by molar-refractivity contribution is 7.15. The second-order valence-corrected chi connectivity index (χ2v) is 7.02. The summed E-state index contributed by atoms with van der Waals surface area (Å²) in [5.74, 6) is -0.305. The Bertz CT molecular complexity index is 689. The summed E-state index contributed by atoms with van der Waals surface area (Å²) >= 11 is 1.41. The van der Waals surface area contributed by atoms with Gasteiger partial charge in [-0.3, -0.25) is 4.79 Å². The van der Waals surface area contributed by atoms with Crippen molar-refractivity contribution in [3.8, 4) is 0 Å². The van der Waals surface area contributed by atoms with E-state index in [0.717, 1.165) is 23.3 Å². The van der Waals surface area contributed by atoms with Crippen molar-refractivity contribution >= 4 is 34.8 Å². The fourth-order valence-electron chi connectivity index (χ4n) is 2.73. The number of hydrogen-bond donors (Lipinski definition) is 2. The average molecular weight is 386 g/mol. The Hall–Kier alpha value is -1.54. The number of nitrogens with one attached hydrogen (secondary N) is 1. The van der Waals surface area contributed by atoms with Crippen LogP contribution in [-0.2, 0) is 16.0 Å². The smallest absolute Gasteiger partial charge is 0.243 e. The van der Waals surface area contributed by atoms with E-state index < -0.39 is 6.04 Å². The van der Waals surface area contributed by atoms with Gasteiger partial charge in [0.15, 0.2) is 5.13 Å². The second-order valence-electron chi connectivity index (χ2n) is 5.90. The highest BCUT2D eigenvalue weighted by atomic mass is 35.5. The molecule has 0 spiro atoms. The first-order valence-corrected chi connectivity index (χ1v) is 8.77. The fourth-order valence-corrected chi connectivity index (χ4v) is 3.58. The molecule has 25 heavy (non-hydrogen) atoms. The number of amides is 1. The molecule has 2 aromatic rings. The zero-order valence-electron chi connectivity index (χ0n) is 13.6. The summed E-state index contributed by atoms with van der Waals surface area (Å²) in [6.07, 6.45) is 3.99. The molecule has 136 valence electrons. The normalized spacial score (nSPS) is 16.1. The van der Waals surface area contributed by atoms with Gasteiger partial charge in [0.05, 0.1) is 6.04 Å². The lowest BCUT2D eigenvalue weighted by Gasteiger charge is -2.26. The molecule has 1 unspecified atom stereocenters. The van der Waals surface area contributed by atoms with Crippen LogP contribution in [0.5, 0.6) is 0 Å². The van der Waals surface area contributed by atoms with E-state index in [2.05, 4.69) is 10.3 Å². The Morgan fingerprint density at radius 1 is 1.36 bits per heavy atom. The molecule has 2 heterocycles. The summed E-state index contributed by atoms with van der Waals surface area (Å²) in [6, 6.07) is 5.82. The molecule has 1 aliphatic heterocycles. The van der Waals surface area contributed by atoms with Gasteiger partial charge < -0.3 is 15.8 Å². The average Bonchev–Trinajstić information content (AvgIpc) is 3.04. The molecule has 5 nitrogen and oxygen atoms in total. The molecule has 0 saturated carbocycles. The number of ether oxygens (including phenoxy) is 1. The van der Waals surface area contributed by atoms with Crippen LogP contribution in [0.3, 0.4) is 0 Å². The van der Waals surface area contributed by atoms with Crippen molar-refractivity contribution in [1.82, 2.24) is 4.98 Å². The molecule has 1 fully saturated rings. The summed E-state index contributed by atoms with van der Waals surface area (Å²) in [6.45, 7) is 1.31. The van der Waals surface area contributed by atoms with Crippen LogP contribution in [0.4, 0.5) is 9.52 Å². The number of benzene rings is 1. The number of nitrogens with two attached hydrogens (primary N) is 1. The predicted molar refractivity (Wildman–Crippen MR) is 98.7 cm³/mol. The van der Waals surface area contributed by atoms with Gasteiger partial charge in [-0.15, -0.1) is 23.7 Å². The van der Waals surface area contributed by atoms with Crippen LogP contribution in [0, 0.1) is 11.7 Å². The zero-order valence-corrected chi connectivity index (χ0v) is 15.2. The van der Waals surface area contributed by atoms with Crippen molar-refractivity contribution in [3.63, 3.8) is 0 Å². The monoisotopic (exact) mass is 385 g/mol. The van der Waals surface area contributed by atoms with Crippen LogP contribution < -0.4 is 11.1 Å². The van der Waals surface area contributed by atoms with Crippen LogP contribution in [0.1, 0.15) is 23.3 Å². The number of thiazole rings is 1. The maximum Gasteiger partial charge on any atom is 0.243 e. The minimum Gasteiger partial charge on any atom is -0.381 e. The summed E-state index contributed by atoms with van der Waals surface area (Å²) in [7, 11) is 0. The molecule has 8 heteroatoms. The van der Waals surface area contributed by atoms with Crippen molar-refractivity contribution in [3.05, 3.63) is 46.7 Å². The summed E-state index contributed by atoms with van der Waals surface area (Å²) in [5, 5.41) is 3.34. The van der Waals surface area contributed by atoms with E-state index >= 15 is 0 Å². The SMILES string of the molecule is Cl.NC(C(=O)Nc1ncc(Cc2ccc(F)cc2)s1)C1CCOCC1. The summed E-state index contributed by atoms with van der Waals surface area (Å²) in [4.78, 5) is 17.5. The predicted octanol–water partition coefficient (Wildman–Crippen LogP) is 2.99. The number of halogens is 2. The van der Waals surface area contributed by atoms with E-state index in [4.69, 9.17) is 10.5 Å². The number of hydrogen-bond acceptors (Lipinski definition) is 5. The van der Waals surface area contributed by atoms with Gasteiger partial charge >= 0.3 is 0 Å². The Morgan fingerprint density at radius 2 is 2.04 bits per heavy atom. The number of aromatic nitrogens is 1. The van der Waals surface area contributed by atoms with Crippen molar-refractivity contribution in [2.45, 2.75) is 25.3 Å². The topological polar surface area (TPSA) is 77.2 Å². The molecule has 1 atom stereocenters. The van der Waals surface area contributed by atoms with Crippen molar-refractivity contribution in [2.24, 2.45) is 11.7 Å². The first kappa shape index (κ1) is 19.8. The molecule has 3 rings (SSSR count). The van der Waals surface area contributed by atoms with Crippen molar-refractivity contribution in [1.29, 1.82) is 0 Å². The van der Waals surface area contributed by atoms with Gasteiger partial charge in [-0.2, -0.15) is 0 Å². The summed E-state index contributed by atoms with van der Waals surface area (Å²) in [5.41, 5.74) is 7.06. The van der Waals surface area contributed by atoms with Gasteiger partial charge in [-0.1, -0.05) is 12.1 Å². The van der Waals surface area contributed by atoms with Gasteiger partial charge in [0, 0.05) is 30.7 Å². The maximum atomic E-state index is 12.9. The Labute approximate surface area is 156 Å². The van der Waals surface area contributed by atoms with E-state index in [9.17, 15) is 9.18 Å². The van der Waals surface area contributed by atoms with E-state index in [1.165, 1.54) is 23.5 Å². The highest BCUT2D eigenvalue weighted by Crippen LogP contribution is 2.23. The first-order chi connectivity index (χ1) is 11.6. The maximum absolute atomic E-state index is 12.9. The minimum absolute atomic E-state index is 0. The van der Waals surface area contributed by atoms with Crippen LogP contribution in [-0.4, -0.2) is 30.1 Å². The third-order valence-corrected chi connectivity index (χ3v) is 5.06. The van der Waals surface area contributed by atoms with Gasteiger partial charge in [0.2, 0.25) is 5.91 Å². The molecule has 1 amide bonds. The molecule has 0 bridgehead atoms. The molecular formula is C17H21ClFN3O2S. The third-order valence-electron chi connectivity index (χ3n) is 4.15. The zero-order chi connectivity index (χ0) is 16.9. The van der Waals surface area contributed by atoms with Gasteiger partial charge in [0.25, 0.3) is 0 Å². The first-order valence-electron chi connectivity index (χ1n) is 7.95. The number of anilines is 1. The molecule has 1 aromatic heterocycles. The summed E-state index contributed by atoms with van der Waals surface area (Å²) < 4.78 is 18.2. The van der Waals surface area contributed by atoms with E-state index in [-0.39, 0.29) is 30.0 Å². The standard InChI is InChI=1S/C17H20FN3O2S.ClH/c18-13-3-1-11(2-4-13)9-14-10-20-17(24-14)21-16(22)15(19)12-5-7-23-8-6-12;/h1-4,10,12,15H,5-9,19H2,(H,20,21,22);1H. The molecule has 1 aromatic carbocycles. The Morgan fingerprint density at radius 3 is 2.72 bits per heavy atom. The number of carbonyl (C=O) groups excluding carboxylic acids is 1. The van der Waals surface area contributed by atoms with Crippen molar-refractivity contribution in [2.75, 3.05) is 18.5 Å². The Kier molecular flexibility index (Phi) is 7.31. The van der Waals surface area contributed by atoms with E-state index in [0.29, 0.717) is 24.8 Å². The molecule has 1 aliphatic rings. The fraction of sp³-hybridized carbons (Fsp3) is 0.412. The number of rotatable bonds is 5. The van der Waals surface area contributed by atoms with Gasteiger partial charge in [-0.25, -0.2) is 9.37 Å². The lowest BCUT2D eigenvalue weighted by Crippen LogP contribution is -2.43. The Balaban J connectivity index is 0.00000225. The number of carbonyl (C=O) groups is 1. The van der Waals surface area contributed by atoms with Crippen LogP contribution in [0.2, 0.25) is 0 Å². The second kappa shape index (κ2) is 9.24. The molecule has 1 saturated heterocycles. The lowest BCUT2D eigenvalue weighted by molar-refractivity contribution is -0.119. The van der Waals surface area contributed by atoms with E-state index in [1.54, 1.807) is 18.3 Å². The molecule has 0 radical (unpaired) electrons. The largest absolute Gasteiger partial charge is 0.381 e. The molecule has 3 N–H and O–H groups in total. The van der Waals surface area contributed by atoms with Gasteiger partial charge in [-0.05, 0) is 36.5 Å². The van der Waals surface area contributed by atoms with E-state index in [1.807, 2.05) is 0 Å². The van der Waals surface area contributed by atoms with Crippen LogP contribution >= 0.6 is 23.7 Å². The molecule has 0 aliphatic carbocycles. The molecular weight excluding hydrogens is 365 g/mol. The van der Waals surface area contributed by atoms with Gasteiger partial charge in [0.1, 0.15) is 5.82 Å². The van der Waals surface area contributed by atoms with Crippen LogP contribution in [0.15, 0.2) is 30.5 Å². The third kappa shape index (κ3) is 5.47. The van der Waals surface area contributed by atoms with Crippen molar-refractivity contribution < 1.29 is 13.9 Å². The highest BCUT2D eigenvalue weighted by Gasteiger charge is 2.27. The van der Waals surface area contributed by atoms with Crippen LogP contribution in [0.25, 0.3) is 0 Å². The minimum atomic E-state index is -0.543. The quantitative estimate of drug-likeness (QED) is 0.829.